The van der Waals surface area contributed by atoms with Crippen LogP contribution in [0, 0.1) is 0 Å². The van der Waals surface area contributed by atoms with Crippen LogP contribution < -0.4 is 5.32 Å². The van der Waals surface area contributed by atoms with E-state index in [0.717, 1.165) is 6.26 Å². The van der Waals surface area contributed by atoms with Crippen LogP contribution in [0.5, 0.6) is 0 Å². The molecule has 2 aromatic heterocycles. The van der Waals surface area contributed by atoms with Gasteiger partial charge < -0.3 is 5.32 Å². The maximum absolute atomic E-state index is 12.6. The number of benzene rings is 2. The van der Waals surface area contributed by atoms with Crippen LogP contribution >= 0.6 is 23.2 Å². The number of rotatable bonds is 4. The molecule has 1 amide bonds. The number of hydrogen-bond donors (Lipinski definition) is 1. The third kappa shape index (κ3) is 3.89. The summed E-state index contributed by atoms with van der Waals surface area (Å²) in [6.07, 6.45) is 2.85. The van der Waals surface area contributed by atoms with Crippen molar-refractivity contribution in [3.63, 3.8) is 0 Å². The second kappa shape index (κ2) is 7.71. The van der Waals surface area contributed by atoms with E-state index in [1.165, 1.54) is 24.3 Å². The van der Waals surface area contributed by atoms with Gasteiger partial charge in [-0.2, -0.15) is 0 Å². The van der Waals surface area contributed by atoms with E-state index in [9.17, 15) is 13.2 Å². The lowest BCUT2D eigenvalue weighted by molar-refractivity contribution is 0.102. The van der Waals surface area contributed by atoms with Gasteiger partial charge in [-0.3, -0.25) is 9.20 Å². The Balaban J connectivity index is 1.69. The lowest BCUT2D eigenvalue weighted by Crippen LogP contribution is -2.12. The highest BCUT2D eigenvalue weighted by molar-refractivity contribution is 7.90. The number of hydrogen-bond acceptors (Lipinski definition) is 5. The van der Waals surface area contributed by atoms with E-state index in [0.29, 0.717) is 32.8 Å². The molecule has 0 fully saturated rings. The van der Waals surface area contributed by atoms with Crippen LogP contribution in [0.25, 0.3) is 17.0 Å². The summed E-state index contributed by atoms with van der Waals surface area (Å²) < 4.78 is 25.2. The van der Waals surface area contributed by atoms with Gasteiger partial charge >= 0.3 is 0 Å². The predicted molar refractivity (Wildman–Crippen MR) is 116 cm³/mol. The van der Waals surface area contributed by atoms with Gasteiger partial charge in [0.2, 0.25) is 0 Å². The third-order valence-electron chi connectivity index (χ3n) is 4.38. The number of halogens is 2. The van der Waals surface area contributed by atoms with Crippen molar-refractivity contribution in [2.75, 3.05) is 11.6 Å². The summed E-state index contributed by atoms with van der Waals surface area (Å²) in [4.78, 5) is 12.7. The number of nitrogens with one attached hydrogen (secondary N) is 1. The summed E-state index contributed by atoms with van der Waals surface area (Å²) >= 11 is 12.5. The lowest BCUT2D eigenvalue weighted by Gasteiger charge is -2.09. The first kappa shape index (κ1) is 20.3. The van der Waals surface area contributed by atoms with E-state index in [-0.39, 0.29) is 10.5 Å². The molecule has 0 aliphatic carbocycles. The standard InChI is InChI=1S/C20H14Cl2N4O3S/c1-30(28,29)14-5-2-4-12(10-14)20(27)23-13-7-8-16(21)15(11-13)18-24-25-19-17(22)6-3-9-26(18)19/h2-11H,1H3,(H,23,27). The minimum atomic E-state index is -3.42. The van der Waals surface area contributed by atoms with Crippen LogP contribution in [-0.4, -0.2) is 35.2 Å². The predicted octanol–water partition coefficient (Wildman–Crippen LogP) is 4.36. The van der Waals surface area contributed by atoms with Gasteiger partial charge in [0.05, 0.1) is 14.9 Å². The van der Waals surface area contributed by atoms with Gasteiger partial charge in [-0.25, -0.2) is 8.42 Å². The molecular formula is C20H14Cl2N4O3S. The van der Waals surface area contributed by atoms with E-state index in [4.69, 9.17) is 23.2 Å². The zero-order chi connectivity index (χ0) is 21.5. The molecule has 0 saturated heterocycles. The molecule has 30 heavy (non-hydrogen) atoms. The molecule has 7 nitrogen and oxygen atoms in total. The highest BCUT2D eigenvalue weighted by Crippen LogP contribution is 2.31. The Labute approximate surface area is 182 Å². The molecule has 0 saturated carbocycles. The molecule has 0 radical (unpaired) electrons. The van der Waals surface area contributed by atoms with Gasteiger partial charge in [0.1, 0.15) is 0 Å². The van der Waals surface area contributed by atoms with Crippen molar-refractivity contribution in [3.05, 3.63) is 76.4 Å². The van der Waals surface area contributed by atoms with Gasteiger partial charge in [-0.05, 0) is 48.5 Å². The van der Waals surface area contributed by atoms with Crippen LogP contribution in [0.15, 0.2) is 65.7 Å². The first-order chi connectivity index (χ1) is 14.2. The normalized spacial score (nSPS) is 11.6. The summed E-state index contributed by atoms with van der Waals surface area (Å²) in [7, 11) is -3.42. The average Bonchev–Trinajstić information content (AvgIpc) is 3.14. The highest BCUT2D eigenvalue weighted by Gasteiger charge is 2.16. The van der Waals surface area contributed by atoms with Crippen molar-refractivity contribution in [2.45, 2.75) is 4.90 Å². The van der Waals surface area contributed by atoms with Crippen molar-refractivity contribution in [3.8, 4) is 11.4 Å². The second-order valence-corrected chi connectivity index (χ2v) is 9.35. The molecule has 2 heterocycles. The molecule has 0 spiro atoms. The van der Waals surface area contributed by atoms with Crippen molar-refractivity contribution in [2.24, 2.45) is 0 Å². The average molecular weight is 461 g/mol. The van der Waals surface area contributed by atoms with Gasteiger partial charge in [0, 0.05) is 29.3 Å². The van der Waals surface area contributed by atoms with Crippen LogP contribution in [-0.2, 0) is 9.84 Å². The first-order valence-electron chi connectivity index (χ1n) is 8.65. The molecule has 0 unspecified atom stereocenters. The summed E-state index contributed by atoms with van der Waals surface area (Å²) in [6.45, 7) is 0. The second-order valence-electron chi connectivity index (χ2n) is 6.52. The quantitative estimate of drug-likeness (QED) is 0.488. The smallest absolute Gasteiger partial charge is 0.255 e. The number of pyridine rings is 1. The first-order valence-corrected chi connectivity index (χ1v) is 11.3. The summed E-state index contributed by atoms with van der Waals surface area (Å²) in [5.41, 5.74) is 1.71. The number of amides is 1. The number of sulfone groups is 1. The van der Waals surface area contributed by atoms with Crippen molar-refractivity contribution >= 4 is 50.3 Å². The fourth-order valence-corrected chi connectivity index (χ4v) is 3.98. The molecule has 2 aromatic carbocycles. The molecule has 4 aromatic rings. The number of aromatic nitrogens is 3. The minimum Gasteiger partial charge on any atom is -0.322 e. The Morgan fingerprint density at radius 2 is 1.80 bits per heavy atom. The van der Waals surface area contributed by atoms with Gasteiger partial charge in [-0.1, -0.05) is 29.3 Å². The molecule has 0 aliphatic heterocycles. The minimum absolute atomic E-state index is 0.0683. The largest absolute Gasteiger partial charge is 0.322 e. The summed E-state index contributed by atoms with van der Waals surface area (Å²) in [6, 6.07) is 14.2. The van der Waals surface area contributed by atoms with Crippen LogP contribution in [0.3, 0.4) is 0 Å². The molecule has 1 N–H and O–H groups in total. The Morgan fingerprint density at radius 1 is 1.00 bits per heavy atom. The SMILES string of the molecule is CS(=O)(=O)c1cccc(C(=O)Nc2ccc(Cl)c(-c3nnc4c(Cl)cccn34)c2)c1. The molecular weight excluding hydrogens is 447 g/mol. The van der Waals surface area contributed by atoms with Gasteiger partial charge in [-0.15, -0.1) is 10.2 Å². The number of anilines is 1. The van der Waals surface area contributed by atoms with E-state index >= 15 is 0 Å². The monoisotopic (exact) mass is 460 g/mol. The lowest BCUT2D eigenvalue weighted by atomic mass is 10.1. The highest BCUT2D eigenvalue weighted by atomic mass is 35.5. The molecule has 4 rings (SSSR count). The van der Waals surface area contributed by atoms with Crippen molar-refractivity contribution in [1.82, 2.24) is 14.6 Å². The van der Waals surface area contributed by atoms with Gasteiger partial charge in [0.25, 0.3) is 5.91 Å². The number of nitrogens with zero attached hydrogens (tertiary/aromatic N) is 3. The number of carbonyl (C=O) groups excluding carboxylic acids is 1. The van der Waals surface area contributed by atoms with Crippen molar-refractivity contribution < 1.29 is 13.2 Å². The third-order valence-corrected chi connectivity index (χ3v) is 6.11. The number of fused-ring (bicyclic) bond motifs is 1. The maximum Gasteiger partial charge on any atom is 0.255 e. The molecule has 0 bridgehead atoms. The molecule has 0 atom stereocenters. The van der Waals surface area contributed by atoms with Gasteiger partial charge in [0.15, 0.2) is 21.3 Å². The Hall–Kier alpha value is -2.94. The summed E-state index contributed by atoms with van der Waals surface area (Å²) in [5.74, 6) is 0.00981. The van der Waals surface area contributed by atoms with Crippen LogP contribution in [0.4, 0.5) is 5.69 Å². The van der Waals surface area contributed by atoms with E-state index in [1.807, 2.05) is 0 Å². The Kier molecular flexibility index (Phi) is 5.23. The Morgan fingerprint density at radius 3 is 2.57 bits per heavy atom. The summed E-state index contributed by atoms with van der Waals surface area (Å²) in [5, 5.41) is 11.9. The van der Waals surface area contributed by atoms with E-state index < -0.39 is 15.7 Å². The van der Waals surface area contributed by atoms with E-state index in [1.54, 1.807) is 40.9 Å². The number of carbonyl (C=O) groups is 1. The molecule has 10 heteroatoms. The van der Waals surface area contributed by atoms with Crippen LogP contribution in [0.1, 0.15) is 10.4 Å². The fraction of sp³-hybridized carbons (Fsp3) is 0.0500. The Bertz CT molecular complexity index is 1400. The van der Waals surface area contributed by atoms with Crippen molar-refractivity contribution in [1.29, 1.82) is 0 Å². The molecule has 0 aliphatic rings. The van der Waals surface area contributed by atoms with E-state index in [2.05, 4.69) is 15.5 Å². The molecule has 152 valence electrons. The maximum atomic E-state index is 12.6. The topological polar surface area (TPSA) is 93.4 Å². The van der Waals surface area contributed by atoms with Crippen LogP contribution in [0.2, 0.25) is 10.0 Å². The zero-order valence-electron chi connectivity index (χ0n) is 15.5. The zero-order valence-corrected chi connectivity index (χ0v) is 17.8. The fourth-order valence-electron chi connectivity index (χ4n) is 2.91.